The van der Waals surface area contributed by atoms with Crippen molar-refractivity contribution in [2.45, 2.75) is 19.3 Å². The van der Waals surface area contributed by atoms with E-state index in [9.17, 15) is 4.79 Å². The van der Waals surface area contributed by atoms with Gasteiger partial charge in [0.15, 0.2) is 0 Å². The first-order valence-corrected chi connectivity index (χ1v) is 6.40. The number of piperidine rings is 1. The van der Waals surface area contributed by atoms with Gasteiger partial charge in [0, 0.05) is 25.4 Å². The number of carbonyl (C=O) groups is 1. The van der Waals surface area contributed by atoms with Crippen LogP contribution >= 0.6 is 0 Å². The zero-order chi connectivity index (χ0) is 13.0. The van der Waals surface area contributed by atoms with Gasteiger partial charge in [-0.3, -0.25) is 0 Å². The molecule has 0 aliphatic carbocycles. The Bertz CT molecular complexity index is 400. The predicted octanol–water partition coefficient (Wildman–Crippen LogP) is 1.98. The smallest absolute Gasteiger partial charge is 0.335 e. The Morgan fingerprint density at radius 1 is 1.33 bits per heavy atom. The quantitative estimate of drug-likeness (QED) is 0.856. The number of rotatable bonds is 4. The fourth-order valence-corrected chi connectivity index (χ4v) is 2.53. The molecule has 2 rings (SSSR count). The Kier molecular flexibility index (Phi) is 4.20. The molecule has 1 aliphatic rings. The van der Waals surface area contributed by atoms with Gasteiger partial charge in [0.05, 0.1) is 5.56 Å². The van der Waals surface area contributed by atoms with Crippen LogP contribution in [0, 0.1) is 5.92 Å². The maximum atomic E-state index is 10.8. The molecule has 1 unspecified atom stereocenters. The lowest BCUT2D eigenvalue weighted by atomic mass is 9.95. The highest BCUT2D eigenvalue weighted by atomic mass is 16.4. The van der Waals surface area contributed by atoms with Crippen molar-refractivity contribution in [2.75, 3.05) is 24.6 Å². The van der Waals surface area contributed by atoms with Gasteiger partial charge in [-0.15, -0.1) is 0 Å². The van der Waals surface area contributed by atoms with Crippen LogP contribution in [-0.2, 0) is 0 Å². The molecule has 0 spiro atoms. The van der Waals surface area contributed by atoms with Crippen molar-refractivity contribution in [1.29, 1.82) is 0 Å². The number of hydrogen-bond acceptors (Lipinski definition) is 3. The van der Waals surface area contributed by atoms with Crippen LogP contribution in [0.5, 0.6) is 0 Å². The molecule has 4 heteroatoms. The Morgan fingerprint density at radius 3 is 2.67 bits per heavy atom. The summed E-state index contributed by atoms with van der Waals surface area (Å²) in [5.74, 6) is -0.346. The third kappa shape index (κ3) is 3.01. The summed E-state index contributed by atoms with van der Waals surface area (Å²) in [5, 5.41) is 17.8. The number of carboxylic acids is 1. The maximum Gasteiger partial charge on any atom is 0.335 e. The summed E-state index contributed by atoms with van der Waals surface area (Å²) in [6.45, 7) is 2.21. The zero-order valence-corrected chi connectivity index (χ0v) is 10.4. The van der Waals surface area contributed by atoms with Crippen LogP contribution in [0.1, 0.15) is 29.6 Å². The summed E-state index contributed by atoms with van der Waals surface area (Å²) in [5.41, 5.74) is 1.39. The molecule has 1 fully saturated rings. The number of benzene rings is 1. The number of carboxylic acid groups (broad SMARTS) is 1. The zero-order valence-electron chi connectivity index (χ0n) is 10.4. The molecule has 1 aliphatic heterocycles. The Balaban J connectivity index is 2.04. The molecule has 0 aromatic heterocycles. The fraction of sp³-hybridized carbons (Fsp3) is 0.500. The van der Waals surface area contributed by atoms with Crippen molar-refractivity contribution in [3.8, 4) is 0 Å². The molecule has 2 N–H and O–H groups in total. The van der Waals surface area contributed by atoms with E-state index in [1.54, 1.807) is 12.1 Å². The van der Waals surface area contributed by atoms with Crippen molar-refractivity contribution in [3.63, 3.8) is 0 Å². The van der Waals surface area contributed by atoms with E-state index >= 15 is 0 Å². The van der Waals surface area contributed by atoms with Gasteiger partial charge in [-0.25, -0.2) is 4.79 Å². The summed E-state index contributed by atoms with van der Waals surface area (Å²) in [6, 6.07) is 7.02. The molecule has 1 atom stereocenters. The summed E-state index contributed by atoms with van der Waals surface area (Å²) in [7, 11) is 0. The standard InChI is InChI=1S/C14H19NO3/c16-9-7-11-2-1-8-15(10-11)13-5-3-12(4-6-13)14(17)18/h3-6,11,16H,1-2,7-10H2,(H,17,18). The molecule has 1 aromatic carbocycles. The molecule has 0 radical (unpaired) electrons. The first-order chi connectivity index (χ1) is 8.70. The average Bonchev–Trinajstić information content (AvgIpc) is 2.39. The monoisotopic (exact) mass is 249 g/mol. The van der Waals surface area contributed by atoms with Gasteiger partial charge in [-0.05, 0) is 49.4 Å². The second kappa shape index (κ2) is 5.87. The van der Waals surface area contributed by atoms with Crippen molar-refractivity contribution in [2.24, 2.45) is 5.92 Å². The van der Waals surface area contributed by atoms with Crippen molar-refractivity contribution < 1.29 is 15.0 Å². The topological polar surface area (TPSA) is 60.8 Å². The number of nitrogens with zero attached hydrogens (tertiary/aromatic N) is 1. The van der Waals surface area contributed by atoms with Gasteiger partial charge in [0.1, 0.15) is 0 Å². The SMILES string of the molecule is O=C(O)c1ccc(N2CCCC(CCO)C2)cc1. The van der Waals surface area contributed by atoms with E-state index in [-0.39, 0.29) is 6.61 Å². The molecule has 18 heavy (non-hydrogen) atoms. The second-order valence-electron chi connectivity index (χ2n) is 4.82. The van der Waals surface area contributed by atoms with E-state index < -0.39 is 5.97 Å². The summed E-state index contributed by atoms with van der Waals surface area (Å²) >= 11 is 0. The number of aliphatic hydroxyl groups excluding tert-OH is 1. The van der Waals surface area contributed by atoms with Gasteiger partial charge < -0.3 is 15.1 Å². The van der Waals surface area contributed by atoms with Gasteiger partial charge in [0.25, 0.3) is 0 Å². The largest absolute Gasteiger partial charge is 0.478 e. The number of hydrogen-bond donors (Lipinski definition) is 2. The summed E-state index contributed by atoms with van der Waals surface area (Å²) < 4.78 is 0. The van der Waals surface area contributed by atoms with Crippen LogP contribution in [0.15, 0.2) is 24.3 Å². The van der Waals surface area contributed by atoms with Gasteiger partial charge in [-0.2, -0.15) is 0 Å². The van der Waals surface area contributed by atoms with Crippen LogP contribution in [0.3, 0.4) is 0 Å². The molecule has 1 aromatic rings. The van der Waals surface area contributed by atoms with E-state index in [0.29, 0.717) is 11.5 Å². The van der Waals surface area contributed by atoms with Gasteiger partial charge in [0.2, 0.25) is 0 Å². The molecule has 1 heterocycles. The number of aliphatic hydroxyl groups is 1. The molecule has 98 valence electrons. The lowest BCUT2D eigenvalue weighted by molar-refractivity contribution is 0.0697. The molecule has 4 nitrogen and oxygen atoms in total. The number of anilines is 1. The van der Waals surface area contributed by atoms with Gasteiger partial charge in [-0.1, -0.05) is 0 Å². The minimum absolute atomic E-state index is 0.246. The van der Waals surface area contributed by atoms with Crippen LogP contribution < -0.4 is 4.90 Å². The van der Waals surface area contributed by atoms with E-state index in [1.165, 1.54) is 6.42 Å². The highest BCUT2D eigenvalue weighted by molar-refractivity contribution is 5.88. The van der Waals surface area contributed by atoms with E-state index in [2.05, 4.69) is 4.90 Å². The second-order valence-corrected chi connectivity index (χ2v) is 4.82. The highest BCUT2D eigenvalue weighted by Crippen LogP contribution is 2.25. The Morgan fingerprint density at radius 2 is 2.06 bits per heavy atom. The number of aromatic carboxylic acids is 1. The molecule has 0 bridgehead atoms. The lowest BCUT2D eigenvalue weighted by Gasteiger charge is -2.34. The van der Waals surface area contributed by atoms with Crippen molar-refractivity contribution >= 4 is 11.7 Å². The van der Waals surface area contributed by atoms with Gasteiger partial charge >= 0.3 is 5.97 Å². The van der Waals surface area contributed by atoms with Crippen LogP contribution in [0.4, 0.5) is 5.69 Å². The summed E-state index contributed by atoms with van der Waals surface area (Å²) in [6.07, 6.45) is 3.15. The molecular weight excluding hydrogens is 230 g/mol. The first-order valence-electron chi connectivity index (χ1n) is 6.40. The third-order valence-corrected chi connectivity index (χ3v) is 3.54. The normalized spacial score (nSPS) is 19.8. The van der Waals surface area contributed by atoms with Crippen LogP contribution in [-0.4, -0.2) is 35.9 Å². The van der Waals surface area contributed by atoms with Crippen LogP contribution in [0.25, 0.3) is 0 Å². The van der Waals surface area contributed by atoms with Crippen molar-refractivity contribution in [3.05, 3.63) is 29.8 Å². The fourth-order valence-electron chi connectivity index (χ4n) is 2.53. The Hall–Kier alpha value is -1.55. The van der Waals surface area contributed by atoms with E-state index in [1.807, 2.05) is 12.1 Å². The van der Waals surface area contributed by atoms with Crippen LogP contribution in [0.2, 0.25) is 0 Å². The minimum atomic E-state index is -0.890. The summed E-state index contributed by atoms with van der Waals surface area (Å²) in [4.78, 5) is 13.1. The molecule has 0 saturated carbocycles. The average molecular weight is 249 g/mol. The lowest BCUT2D eigenvalue weighted by Crippen LogP contribution is -2.35. The van der Waals surface area contributed by atoms with Crippen molar-refractivity contribution in [1.82, 2.24) is 0 Å². The first kappa shape index (κ1) is 12.9. The third-order valence-electron chi connectivity index (χ3n) is 3.54. The van der Waals surface area contributed by atoms with E-state index in [0.717, 1.165) is 31.6 Å². The highest BCUT2D eigenvalue weighted by Gasteiger charge is 2.19. The molecular formula is C14H19NO3. The molecule has 0 amide bonds. The maximum absolute atomic E-state index is 10.8. The Labute approximate surface area is 107 Å². The molecule has 1 saturated heterocycles. The predicted molar refractivity (Wildman–Crippen MR) is 70.0 cm³/mol. The van der Waals surface area contributed by atoms with E-state index in [4.69, 9.17) is 10.2 Å². The minimum Gasteiger partial charge on any atom is -0.478 e.